The van der Waals surface area contributed by atoms with Crippen molar-refractivity contribution in [3.63, 3.8) is 0 Å². The molecule has 1 heterocycles. The molecule has 6 heteroatoms. The molecule has 1 aliphatic rings. The number of hydrogen-bond acceptors (Lipinski definition) is 4. The molecule has 1 aromatic carbocycles. The number of benzene rings is 1. The van der Waals surface area contributed by atoms with E-state index in [2.05, 4.69) is 4.99 Å². The summed E-state index contributed by atoms with van der Waals surface area (Å²) in [6, 6.07) is 6.72. The first kappa shape index (κ1) is 16.2. The maximum absolute atomic E-state index is 10.9. The lowest BCUT2D eigenvalue weighted by Gasteiger charge is -2.04. The van der Waals surface area contributed by atoms with Gasteiger partial charge in [-0.25, -0.2) is 0 Å². The summed E-state index contributed by atoms with van der Waals surface area (Å²) in [6.45, 7) is 0. The molecule has 0 aromatic heterocycles. The summed E-state index contributed by atoms with van der Waals surface area (Å²) in [4.78, 5) is 14.9. The molecule has 2 N–H and O–H groups in total. The van der Waals surface area contributed by atoms with Gasteiger partial charge in [0.15, 0.2) is 0 Å². The molecule has 20 heavy (non-hydrogen) atoms. The van der Waals surface area contributed by atoms with Gasteiger partial charge < -0.3 is 5.73 Å². The van der Waals surface area contributed by atoms with Gasteiger partial charge in [-0.2, -0.15) is 0 Å². The maximum Gasteiger partial charge on any atom is 0.276 e. The van der Waals surface area contributed by atoms with Crippen LogP contribution in [-0.4, -0.2) is 16.8 Å². The highest BCUT2D eigenvalue weighted by Crippen LogP contribution is 2.21. The van der Waals surface area contributed by atoms with Crippen molar-refractivity contribution in [3.05, 3.63) is 46.0 Å². The average Bonchev–Trinajstić information content (AvgIpc) is 2.61. The molecule has 1 aliphatic heterocycles. The molecular formula is C14H18ClN3O2. The van der Waals surface area contributed by atoms with Crippen LogP contribution in [0.25, 0.3) is 6.08 Å². The van der Waals surface area contributed by atoms with Gasteiger partial charge in [0, 0.05) is 12.5 Å². The van der Waals surface area contributed by atoms with E-state index in [4.69, 9.17) is 5.73 Å². The molecule has 1 aromatic rings. The minimum absolute atomic E-state index is 0. The Bertz CT molecular complexity index is 529. The molecule has 0 aliphatic carbocycles. The van der Waals surface area contributed by atoms with E-state index in [0.717, 1.165) is 25.7 Å². The van der Waals surface area contributed by atoms with Crippen LogP contribution in [0.1, 0.15) is 31.2 Å². The average molecular weight is 296 g/mol. The minimum atomic E-state index is -0.371. The standard InChI is InChI=1S/C14H17N3O2.ClH/c15-14-8-4-2-6-12(16-14)10-9-11-5-1-3-7-13(11)17(18)19;/h1,3,5,7,9-10,12H,2,4,6,8H2,(H2,15,16);1H. The first-order valence-electron chi connectivity index (χ1n) is 6.40. The van der Waals surface area contributed by atoms with E-state index in [1.165, 1.54) is 6.07 Å². The van der Waals surface area contributed by atoms with Gasteiger partial charge in [0.1, 0.15) is 0 Å². The molecule has 0 saturated heterocycles. The van der Waals surface area contributed by atoms with Crippen LogP contribution in [0, 0.1) is 10.1 Å². The van der Waals surface area contributed by atoms with Crippen LogP contribution in [-0.2, 0) is 0 Å². The zero-order chi connectivity index (χ0) is 13.7. The highest BCUT2D eigenvalue weighted by molar-refractivity contribution is 5.85. The van der Waals surface area contributed by atoms with Crippen LogP contribution >= 0.6 is 12.4 Å². The van der Waals surface area contributed by atoms with E-state index < -0.39 is 0 Å². The fourth-order valence-electron chi connectivity index (χ4n) is 2.15. The fraction of sp³-hybridized carbons (Fsp3) is 0.357. The number of para-hydroxylation sites is 1. The summed E-state index contributed by atoms with van der Waals surface area (Å²) in [6.07, 6.45) is 7.60. The summed E-state index contributed by atoms with van der Waals surface area (Å²) in [5.41, 5.74) is 6.50. The third kappa shape index (κ3) is 4.35. The Morgan fingerprint density at radius 3 is 2.85 bits per heavy atom. The molecule has 0 fully saturated rings. The molecule has 1 unspecified atom stereocenters. The third-order valence-electron chi connectivity index (χ3n) is 3.15. The van der Waals surface area contributed by atoms with Gasteiger partial charge in [-0.05, 0) is 25.0 Å². The van der Waals surface area contributed by atoms with Crippen molar-refractivity contribution in [2.24, 2.45) is 10.7 Å². The van der Waals surface area contributed by atoms with E-state index in [1.807, 2.05) is 6.08 Å². The number of nitrogens with two attached hydrogens (primary N) is 1. The first-order chi connectivity index (χ1) is 9.16. The van der Waals surface area contributed by atoms with Crippen molar-refractivity contribution in [2.45, 2.75) is 31.7 Å². The maximum atomic E-state index is 10.9. The molecule has 0 bridgehead atoms. The zero-order valence-corrected chi connectivity index (χ0v) is 11.9. The molecule has 0 spiro atoms. The van der Waals surface area contributed by atoms with Crippen molar-refractivity contribution >= 4 is 30.0 Å². The molecule has 5 nitrogen and oxygen atoms in total. The second-order valence-corrected chi connectivity index (χ2v) is 4.61. The van der Waals surface area contributed by atoms with Crippen molar-refractivity contribution in [3.8, 4) is 0 Å². The SMILES string of the molecule is Cl.NC1=NC(C=Cc2ccccc2[N+](=O)[O-])CCCC1. The van der Waals surface area contributed by atoms with Crippen molar-refractivity contribution in [2.75, 3.05) is 0 Å². The fourth-order valence-corrected chi connectivity index (χ4v) is 2.15. The molecule has 0 radical (unpaired) electrons. The second-order valence-electron chi connectivity index (χ2n) is 4.61. The van der Waals surface area contributed by atoms with Crippen molar-refractivity contribution in [1.82, 2.24) is 0 Å². The molecular weight excluding hydrogens is 278 g/mol. The number of amidine groups is 1. The quantitative estimate of drug-likeness (QED) is 0.686. The number of nitro benzene ring substituents is 1. The highest BCUT2D eigenvalue weighted by Gasteiger charge is 2.12. The largest absolute Gasteiger partial charge is 0.387 e. The zero-order valence-electron chi connectivity index (χ0n) is 11.1. The Kier molecular flexibility index (Phi) is 6.18. The topological polar surface area (TPSA) is 81.5 Å². The highest BCUT2D eigenvalue weighted by atomic mass is 35.5. The Labute approximate surface area is 124 Å². The number of hydrogen-bond donors (Lipinski definition) is 1. The van der Waals surface area contributed by atoms with Crippen molar-refractivity contribution in [1.29, 1.82) is 0 Å². The van der Waals surface area contributed by atoms with Crippen LogP contribution in [0.5, 0.6) is 0 Å². The Hall–Kier alpha value is -1.88. The predicted octanol–water partition coefficient (Wildman–Crippen LogP) is 3.33. The van der Waals surface area contributed by atoms with E-state index in [-0.39, 0.29) is 29.1 Å². The lowest BCUT2D eigenvalue weighted by molar-refractivity contribution is -0.385. The van der Waals surface area contributed by atoms with Crippen LogP contribution in [0.3, 0.4) is 0 Å². The molecule has 108 valence electrons. The van der Waals surface area contributed by atoms with Crippen LogP contribution in [0.4, 0.5) is 5.69 Å². The van der Waals surface area contributed by atoms with Crippen molar-refractivity contribution < 1.29 is 4.92 Å². The van der Waals surface area contributed by atoms with E-state index in [9.17, 15) is 10.1 Å². The summed E-state index contributed by atoms with van der Waals surface area (Å²) in [5, 5.41) is 10.9. The Morgan fingerprint density at radius 1 is 1.35 bits per heavy atom. The number of nitro groups is 1. The summed E-state index contributed by atoms with van der Waals surface area (Å²) in [7, 11) is 0. The smallest absolute Gasteiger partial charge is 0.276 e. The van der Waals surface area contributed by atoms with Crippen LogP contribution in [0.15, 0.2) is 35.3 Å². The lowest BCUT2D eigenvalue weighted by atomic mass is 10.1. The van der Waals surface area contributed by atoms with Crippen LogP contribution < -0.4 is 5.73 Å². The van der Waals surface area contributed by atoms with E-state index in [0.29, 0.717) is 11.4 Å². The van der Waals surface area contributed by atoms with Gasteiger partial charge in [0.25, 0.3) is 5.69 Å². The van der Waals surface area contributed by atoms with Gasteiger partial charge in [0.05, 0.1) is 22.4 Å². The Balaban J connectivity index is 0.00000200. The summed E-state index contributed by atoms with van der Waals surface area (Å²) < 4.78 is 0. The number of halogens is 1. The predicted molar refractivity (Wildman–Crippen MR) is 83.3 cm³/mol. The summed E-state index contributed by atoms with van der Waals surface area (Å²) >= 11 is 0. The normalized spacial score (nSPS) is 19.0. The number of aliphatic imine (C=N–C) groups is 1. The molecule has 0 amide bonds. The number of rotatable bonds is 3. The van der Waals surface area contributed by atoms with Gasteiger partial charge >= 0.3 is 0 Å². The monoisotopic (exact) mass is 295 g/mol. The van der Waals surface area contributed by atoms with E-state index in [1.54, 1.807) is 24.3 Å². The van der Waals surface area contributed by atoms with Gasteiger partial charge in [0.2, 0.25) is 0 Å². The molecule has 2 rings (SSSR count). The second kappa shape index (κ2) is 7.65. The van der Waals surface area contributed by atoms with Gasteiger partial charge in [-0.1, -0.05) is 24.6 Å². The molecule has 1 atom stereocenters. The van der Waals surface area contributed by atoms with Gasteiger partial charge in [-0.15, -0.1) is 12.4 Å². The van der Waals surface area contributed by atoms with Gasteiger partial charge in [-0.3, -0.25) is 15.1 Å². The first-order valence-corrected chi connectivity index (χ1v) is 6.40. The van der Waals surface area contributed by atoms with Crippen LogP contribution in [0.2, 0.25) is 0 Å². The minimum Gasteiger partial charge on any atom is -0.387 e. The number of nitrogens with zero attached hydrogens (tertiary/aromatic N) is 2. The molecule has 0 saturated carbocycles. The third-order valence-corrected chi connectivity index (χ3v) is 3.15. The van der Waals surface area contributed by atoms with E-state index >= 15 is 0 Å². The summed E-state index contributed by atoms with van der Waals surface area (Å²) in [5.74, 6) is 0.676. The lowest BCUT2D eigenvalue weighted by Crippen LogP contribution is -2.12. The Morgan fingerprint density at radius 2 is 2.10 bits per heavy atom.